The van der Waals surface area contributed by atoms with Crippen LogP contribution in [-0.2, 0) is 51.2 Å². The van der Waals surface area contributed by atoms with Crippen molar-refractivity contribution in [2.24, 2.45) is 5.10 Å². The van der Waals surface area contributed by atoms with Crippen LogP contribution in [0, 0.1) is 19.7 Å². The number of carbonyl (C=O) groups excluding carboxylic acids is 8. The summed E-state index contributed by atoms with van der Waals surface area (Å²) in [4.78, 5) is 107. The zero-order valence-corrected chi connectivity index (χ0v) is 52.4. The Labute approximate surface area is 473 Å². The molecule has 0 atom stereocenters. The van der Waals surface area contributed by atoms with Crippen molar-refractivity contribution >= 4 is 62.1 Å². The van der Waals surface area contributed by atoms with Crippen molar-refractivity contribution < 1.29 is 52.2 Å². The smallest absolute Gasteiger partial charge is 0.412 e. The molecular formula is C59H89FFmN9O11-. The van der Waals surface area contributed by atoms with E-state index in [1.54, 1.807) is 40.4 Å². The van der Waals surface area contributed by atoms with Crippen LogP contribution in [0.2, 0.25) is 0 Å². The number of hydrogen-bond acceptors (Lipinski definition) is 13. The Hall–Kier alpha value is -8.94. The molecule has 3 heterocycles. The minimum Gasteiger partial charge on any atom is -0.520 e. The summed E-state index contributed by atoms with van der Waals surface area (Å²) in [7, 11) is 0. The number of halogens is 1. The fourth-order valence-corrected chi connectivity index (χ4v) is 6.63. The number of pyridine rings is 2. The maximum Gasteiger partial charge on any atom is 0.412 e. The van der Waals surface area contributed by atoms with Crippen molar-refractivity contribution in [2.75, 3.05) is 64.3 Å². The molecule has 0 bridgehead atoms. The quantitative estimate of drug-likeness (QED) is 0.0189. The summed E-state index contributed by atoms with van der Waals surface area (Å²) in [6.07, 6.45) is 8.61. The van der Waals surface area contributed by atoms with Gasteiger partial charge in [-0.1, -0.05) is 98.6 Å². The van der Waals surface area contributed by atoms with Gasteiger partial charge in [0.15, 0.2) is 0 Å². The normalized spacial score (nSPS) is 10.9. The summed E-state index contributed by atoms with van der Waals surface area (Å²) in [5.74, 6) is -1.46. The molecule has 20 nitrogen and oxygen atoms in total. The van der Waals surface area contributed by atoms with Crippen LogP contribution < -0.4 is 21.6 Å². The molecule has 4 aromatic rings. The zero-order chi connectivity index (χ0) is 61.6. The summed E-state index contributed by atoms with van der Waals surface area (Å²) in [6, 6.07) is 16.9. The second-order valence-corrected chi connectivity index (χ2v) is 17.0. The molecule has 456 valence electrons. The van der Waals surface area contributed by atoms with Crippen molar-refractivity contribution in [1.29, 1.82) is 0 Å². The zero-order valence-electron chi connectivity index (χ0n) is 50.0. The molecule has 6 amide bonds. The van der Waals surface area contributed by atoms with E-state index in [-0.39, 0.29) is 75.9 Å². The van der Waals surface area contributed by atoms with Crippen LogP contribution in [0.4, 0.5) is 14.9 Å². The second-order valence-electron chi connectivity index (χ2n) is 17.0. The van der Waals surface area contributed by atoms with E-state index in [9.17, 15) is 38.0 Å². The number of nitrogens with zero attached hydrogens (tertiary/aromatic N) is 6. The van der Waals surface area contributed by atoms with Crippen molar-refractivity contribution in [3.05, 3.63) is 117 Å². The monoisotopic (exact) mass is 1380 g/mol. The molecule has 0 radical (unpaired) electrons. The molecule has 0 aliphatic carbocycles. The third-order valence-corrected chi connectivity index (χ3v) is 10.6. The predicted molar refractivity (Wildman–Crippen MR) is 315 cm³/mol. The summed E-state index contributed by atoms with van der Waals surface area (Å²) >= 11 is 0. The average molecular weight is 1380 g/mol. The number of nitrogens with one attached hydrogen (secondary N) is 3. The number of piperazine rings is 1. The van der Waals surface area contributed by atoms with Crippen LogP contribution in [0.5, 0.6) is 0 Å². The number of carbonyl (C=O) groups is 7. The summed E-state index contributed by atoms with van der Waals surface area (Å²) in [5.41, 5.74) is 7.51. The maximum absolute atomic E-state index is 14.8. The number of rotatable bonds is 20. The SMILES string of the molecule is C=O.C=O.CC.CC.CC.CCCC.CCn1cc(-c2cnc(C)c(NC(=O)OC(C)(C)C)c2)ccc1=O.Cc1ccccc1/C(Cc1ccc(F)c(C(=O)N2CCN(C(=O)CN([C-]=O)CCOCCNC=O)CC2)c1)=N\NC=O.[Fm]. The van der Waals surface area contributed by atoms with Gasteiger partial charge in [0.25, 0.3) is 11.5 Å². The summed E-state index contributed by atoms with van der Waals surface area (Å²) in [5, 5.41) is 9.34. The van der Waals surface area contributed by atoms with Crippen molar-refractivity contribution in [3.8, 4) is 11.1 Å². The average Bonchev–Trinajstić information content (AvgIpc) is 3.48. The Morgan fingerprint density at radius 3 is 1.98 bits per heavy atom. The van der Waals surface area contributed by atoms with E-state index in [2.05, 4.69) is 40.0 Å². The van der Waals surface area contributed by atoms with Gasteiger partial charge >= 0.3 is 6.09 Å². The Kier molecular flexibility index (Phi) is 45.7. The number of hydrazone groups is 1. The third-order valence-electron chi connectivity index (χ3n) is 10.6. The largest absolute Gasteiger partial charge is 0.520 e. The molecule has 5 rings (SSSR count). The first-order chi connectivity index (χ1) is 38.5. The van der Waals surface area contributed by atoms with Crippen molar-refractivity contribution in [3.63, 3.8) is 0 Å². The molecule has 0 saturated carbocycles. The number of benzene rings is 2. The number of amides is 6. The molecule has 81 heavy (non-hydrogen) atoms. The Morgan fingerprint density at radius 2 is 1.43 bits per heavy atom. The van der Waals surface area contributed by atoms with E-state index < -0.39 is 23.4 Å². The van der Waals surface area contributed by atoms with E-state index in [0.717, 1.165) is 22.3 Å². The van der Waals surface area contributed by atoms with E-state index >= 15 is 0 Å². The third kappa shape index (κ3) is 30.7. The summed E-state index contributed by atoms with van der Waals surface area (Å²) < 4.78 is 27.0. The minimum atomic E-state index is -0.663. The van der Waals surface area contributed by atoms with Crippen LogP contribution in [0.25, 0.3) is 11.1 Å². The molecule has 22 heteroatoms. The molecule has 3 N–H and O–H groups in total. The molecule has 2 aromatic carbocycles. The van der Waals surface area contributed by atoms with Gasteiger partial charge in [0.1, 0.15) is 25.0 Å². The first-order valence-electron chi connectivity index (χ1n) is 26.8. The first kappa shape index (κ1) is 78.6. The predicted octanol–water partition coefficient (Wildman–Crippen LogP) is 8.34. The number of hydrogen-bond donors (Lipinski definition) is 3. The molecule has 0 unspecified atom stereocenters. The van der Waals surface area contributed by atoms with E-state index in [1.165, 1.54) is 40.8 Å². The molecule has 2 aromatic heterocycles. The van der Waals surface area contributed by atoms with Gasteiger partial charge in [0, 0.05) is 81.8 Å². The van der Waals surface area contributed by atoms with Crippen LogP contribution >= 0.6 is 0 Å². The van der Waals surface area contributed by atoms with Crippen molar-refractivity contribution in [1.82, 2.24) is 35.0 Å². The second kappa shape index (κ2) is 47.1. The maximum atomic E-state index is 14.8. The van der Waals surface area contributed by atoms with Gasteiger partial charge in [-0.05, 0) is 82.5 Å². The summed E-state index contributed by atoms with van der Waals surface area (Å²) in [6.45, 7) is 33.6. The Bertz CT molecular complexity index is 2500. The standard InChI is InChI=1S/C29H34FN6O6.C18H23N3O3.C4H10.3C2H6.2CH2O.Fm/c1-22-4-2-3-5-24(22)27(33-32-20-38)17-23-6-7-26(30)25(16-23)29(41)36-11-9-35(10-12-36)28(40)18-34(21-39)13-15-42-14-8-31-19-37;1-6-21-11-13(7-8-16(21)22)14-9-15(12(2)19-10-14)20-17(23)24-18(3,4)5;1-3-4-2;5*1-2;/h2-7,16,19-20H,8-15,17-18H2,1H3,(H,31,37)(H,32,38);7-11H,6H2,1-5H3,(H,20,23);3-4H2,1-2H3;3*1-2H3;2*1H2;/q-1;;;;;;;;/b33-27-;;;;;;;;. The Morgan fingerprint density at radius 1 is 0.827 bits per heavy atom. The molecule has 1 saturated heterocycles. The van der Waals surface area contributed by atoms with Crippen LogP contribution in [-0.4, -0.2) is 145 Å². The van der Waals surface area contributed by atoms with Gasteiger partial charge in [0.2, 0.25) is 18.7 Å². The van der Waals surface area contributed by atoms with Gasteiger partial charge in [-0.15, -0.1) is 0 Å². The minimum absolute atomic E-state index is 0. The van der Waals surface area contributed by atoms with Gasteiger partial charge in [-0.25, -0.2) is 14.6 Å². The number of anilines is 1. The molecule has 1 aliphatic rings. The number of unbranched alkanes of at least 4 members (excludes halogenated alkanes) is 1. The van der Waals surface area contributed by atoms with Gasteiger partial charge in [-0.2, -0.15) is 11.5 Å². The molecule has 1 fully saturated rings. The Balaban J connectivity index is -0.000000643. The van der Waals surface area contributed by atoms with Crippen LogP contribution in [0.3, 0.4) is 0 Å². The number of aromatic nitrogens is 2. The molecule has 0 spiro atoms. The van der Waals surface area contributed by atoms with E-state index in [4.69, 9.17) is 19.1 Å². The fourth-order valence-electron chi connectivity index (χ4n) is 6.63. The first-order valence-corrected chi connectivity index (χ1v) is 26.8. The van der Waals surface area contributed by atoms with Gasteiger partial charge in [-0.3, -0.25) is 34.3 Å². The fraction of sp³-hybridized carbons (Fsp3) is 0.475. The van der Waals surface area contributed by atoms with Gasteiger partial charge < -0.3 is 48.4 Å². The van der Waals surface area contributed by atoms with Crippen molar-refractivity contribution in [2.45, 2.75) is 128 Å². The molecule has 1 aliphatic heterocycles. The van der Waals surface area contributed by atoms with E-state index in [0.29, 0.717) is 48.6 Å². The topological polar surface area (TPSA) is 248 Å². The van der Waals surface area contributed by atoms with Crippen LogP contribution in [0.1, 0.15) is 129 Å². The van der Waals surface area contributed by atoms with Crippen LogP contribution in [0.15, 0.2) is 83.0 Å². The number of aryl methyl sites for hydroxylation is 3. The van der Waals surface area contributed by atoms with E-state index in [1.807, 2.05) is 127 Å². The van der Waals surface area contributed by atoms with Gasteiger partial charge in [0.05, 0.1) is 42.4 Å². The molecular weight excluding hydrogens is 1290 g/mol. The number of ether oxygens (including phenoxy) is 2.